The smallest absolute Gasteiger partial charge is 0.0199 e. The van der Waals surface area contributed by atoms with E-state index in [2.05, 4.69) is 53.3 Å². The van der Waals surface area contributed by atoms with Crippen LogP contribution in [0.2, 0.25) is 0 Å². The van der Waals surface area contributed by atoms with Crippen molar-refractivity contribution in [1.82, 2.24) is 0 Å². The molecule has 9 heavy (non-hydrogen) atoms. The van der Waals surface area contributed by atoms with E-state index >= 15 is 0 Å². The Morgan fingerprint density at radius 1 is 1.00 bits per heavy atom. The van der Waals surface area contributed by atoms with Crippen LogP contribution in [0.5, 0.6) is 0 Å². The lowest BCUT2D eigenvalue weighted by molar-refractivity contribution is 0.934. The van der Waals surface area contributed by atoms with Crippen molar-refractivity contribution in [2.45, 2.75) is 19.3 Å². The quantitative estimate of drug-likeness (QED) is 0.586. The molecule has 0 unspecified atom stereocenters. The Morgan fingerprint density at radius 2 is 1.44 bits per heavy atom. The minimum absolute atomic E-state index is 1.29. The SMILES string of the molecule is I/C=C1\CCC\C1=C/I. The summed E-state index contributed by atoms with van der Waals surface area (Å²) in [5, 5.41) is 0. The van der Waals surface area contributed by atoms with Gasteiger partial charge in [0.1, 0.15) is 0 Å². The second-order valence-electron chi connectivity index (χ2n) is 2.12. The van der Waals surface area contributed by atoms with Crippen LogP contribution >= 0.6 is 45.2 Å². The second-order valence-corrected chi connectivity index (χ2v) is 3.37. The van der Waals surface area contributed by atoms with Gasteiger partial charge in [0.15, 0.2) is 0 Å². The first-order valence-corrected chi connectivity index (χ1v) is 5.46. The summed E-state index contributed by atoms with van der Waals surface area (Å²) in [4.78, 5) is 0. The summed E-state index contributed by atoms with van der Waals surface area (Å²) < 4.78 is 4.41. The molecule has 0 spiro atoms. The lowest BCUT2D eigenvalue weighted by Gasteiger charge is -1.93. The van der Waals surface area contributed by atoms with E-state index in [0.717, 1.165) is 0 Å². The third kappa shape index (κ3) is 1.93. The monoisotopic (exact) mass is 346 g/mol. The Hall–Kier alpha value is 0.940. The summed E-state index contributed by atoms with van der Waals surface area (Å²) in [7, 11) is 0. The molecule has 0 aromatic carbocycles. The van der Waals surface area contributed by atoms with Crippen LogP contribution in [0, 0.1) is 0 Å². The predicted molar refractivity (Wildman–Crippen MR) is 58.1 cm³/mol. The van der Waals surface area contributed by atoms with Crippen molar-refractivity contribution in [3.63, 3.8) is 0 Å². The van der Waals surface area contributed by atoms with Gasteiger partial charge < -0.3 is 0 Å². The molecule has 0 radical (unpaired) electrons. The van der Waals surface area contributed by atoms with E-state index in [1.54, 1.807) is 11.1 Å². The Balaban J connectivity index is 2.75. The number of halogens is 2. The molecular weight excluding hydrogens is 338 g/mol. The molecule has 0 aromatic heterocycles. The van der Waals surface area contributed by atoms with Crippen LogP contribution in [0.15, 0.2) is 19.3 Å². The summed E-state index contributed by atoms with van der Waals surface area (Å²) in [5.74, 6) is 0. The molecule has 0 atom stereocenters. The summed E-state index contributed by atoms with van der Waals surface area (Å²) in [6, 6.07) is 0. The van der Waals surface area contributed by atoms with Crippen molar-refractivity contribution in [2.75, 3.05) is 0 Å². The van der Waals surface area contributed by atoms with E-state index in [1.165, 1.54) is 19.3 Å². The van der Waals surface area contributed by atoms with Gasteiger partial charge in [-0.1, -0.05) is 45.2 Å². The lowest BCUT2D eigenvalue weighted by atomic mass is 10.2. The van der Waals surface area contributed by atoms with Crippen molar-refractivity contribution in [3.05, 3.63) is 19.3 Å². The topological polar surface area (TPSA) is 0 Å². The van der Waals surface area contributed by atoms with Gasteiger partial charge >= 0.3 is 0 Å². The van der Waals surface area contributed by atoms with E-state index in [1.807, 2.05) is 0 Å². The number of rotatable bonds is 0. The lowest BCUT2D eigenvalue weighted by Crippen LogP contribution is -1.72. The van der Waals surface area contributed by atoms with Gasteiger partial charge in [0.2, 0.25) is 0 Å². The van der Waals surface area contributed by atoms with E-state index in [-0.39, 0.29) is 0 Å². The molecule has 1 fully saturated rings. The summed E-state index contributed by atoms with van der Waals surface area (Å²) in [6.45, 7) is 0. The maximum atomic E-state index is 2.32. The van der Waals surface area contributed by atoms with Crippen molar-refractivity contribution in [2.24, 2.45) is 0 Å². The molecule has 0 heterocycles. The largest absolute Gasteiger partial charge is 0.0527 e. The molecule has 1 aliphatic carbocycles. The molecule has 1 saturated carbocycles. The number of hydrogen-bond acceptors (Lipinski definition) is 0. The third-order valence-corrected chi connectivity index (χ3v) is 3.07. The maximum absolute atomic E-state index is 2.32. The molecule has 0 bridgehead atoms. The van der Waals surface area contributed by atoms with Crippen molar-refractivity contribution >= 4 is 45.2 Å². The number of hydrogen-bond donors (Lipinski definition) is 0. The minimum Gasteiger partial charge on any atom is -0.0527 e. The minimum atomic E-state index is 1.29. The summed E-state index contributed by atoms with van der Waals surface area (Å²) in [5.41, 5.74) is 3.09. The highest BCUT2D eigenvalue weighted by Gasteiger charge is 2.10. The highest BCUT2D eigenvalue weighted by molar-refractivity contribution is 14.1. The zero-order valence-electron chi connectivity index (χ0n) is 5.03. The highest BCUT2D eigenvalue weighted by atomic mass is 127. The Kier molecular flexibility index (Phi) is 3.53. The van der Waals surface area contributed by atoms with E-state index in [0.29, 0.717) is 0 Å². The Labute approximate surface area is 83.1 Å². The van der Waals surface area contributed by atoms with Crippen LogP contribution in [0.3, 0.4) is 0 Å². The average Bonchev–Trinajstić information content (AvgIpc) is 2.33. The molecule has 1 rings (SSSR count). The van der Waals surface area contributed by atoms with E-state index < -0.39 is 0 Å². The van der Waals surface area contributed by atoms with Gasteiger partial charge in [-0.15, -0.1) is 0 Å². The van der Waals surface area contributed by atoms with Gasteiger partial charge in [-0.3, -0.25) is 0 Å². The molecular formula is C7H8I2. The van der Waals surface area contributed by atoms with Gasteiger partial charge in [0, 0.05) is 0 Å². The first kappa shape index (κ1) is 8.04. The van der Waals surface area contributed by atoms with Crippen molar-refractivity contribution in [1.29, 1.82) is 0 Å². The van der Waals surface area contributed by atoms with Gasteiger partial charge in [0.05, 0.1) is 0 Å². The summed E-state index contributed by atoms with van der Waals surface area (Å²) >= 11 is 4.64. The molecule has 0 N–H and O–H groups in total. The molecule has 0 aliphatic heterocycles. The van der Waals surface area contributed by atoms with Crippen LogP contribution in [-0.4, -0.2) is 0 Å². The van der Waals surface area contributed by atoms with Crippen molar-refractivity contribution < 1.29 is 0 Å². The average molecular weight is 346 g/mol. The standard InChI is InChI=1S/C7H8I2/c8-4-6-2-1-3-7(6)5-9/h4-5H,1-3H2/b6-4+,7-5+. The molecule has 1 aliphatic rings. The normalized spacial score (nSPS) is 28.2. The first-order valence-electron chi connectivity index (χ1n) is 2.97. The Bertz CT molecular complexity index is 138. The zero-order chi connectivity index (χ0) is 6.69. The van der Waals surface area contributed by atoms with E-state index in [9.17, 15) is 0 Å². The zero-order valence-corrected chi connectivity index (χ0v) is 9.35. The van der Waals surface area contributed by atoms with E-state index in [4.69, 9.17) is 0 Å². The molecule has 2 heteroatoms. The van der Waals surface area contributed by atoms with Crippen LogP contribution < -0.4 is 0 Å². The van der Waals surface area contributed by atoms with Crippen LogP contribution in [0.4, 0.5) is 0 Å². The summed E-state index contributed by atoms with van der Waals surface area (Å²) in [6.07, 6.45) is 3.93. The van der Waals surface area contributed by atoms with Crippen LogP contribution in [-0.2, 0) is 0 Å². The van der Waals surface area contributed by atoms with Gasteiger partial charge in [-0.25, -0.2) is 0 Å². The first-order chi connectivity index (χ1) is 4.38. The van der Waals surface area contributed by atoms with Gasteiger partial charge in [0.25, 0.3) is 0 Å². The number of allylic oxidation sites excluding steroid dienone is 2. The molecule has 0 saturated heterocycles. The maximum Gasteiger partial charge on any atom is -0.0199 e. The fourth-order valence-electron chi connectivity index (χ4n) is 1.04. The second kappa shape index (κ2) is 3.95. The fraction of sp³-hybridized carbons (Fsp3) is 0.429. The fourth-order valence-corrected chi connectivity index (χ4v) is 2.46. The van der Waals surface area contributed by atoms with Crippen molar-refractivity contribution in [3.8, 4) is 0 Å². The van der Waals surface area contributed by atoms with Gasteiger partial charge in [-0.2, -0.15) is 0 Å². The highest BCUT2D eigenvalue weighted by Crippen LogP contribution is 2.31. The predicted octanol–water partition coefficient (Wildman–Crippen LogP) is 3.81. The molecule has 0 aromatic rings. The Morgan fingerprint density at radius 3 is 1.78 bits per heavy atom. The molecule has 0 nitrogen and oxygen atoms in total. The van der Waals surface area contributed by atoms with Crippen LogP contribution in [0.25, 0.3) is 0 Å². The van der Waals surface area contributed by atoms with Crippen LogP contribution in [0.1, 0.15) is 19.3 Å². The molecule has 0 amide bonds. The third-order valence-electron chi connectivity index (χ3n) is 1.57. The molecule has 50 valence electrons. The van der Waals surface area contributed by atoms with Gasteiger partial charge in [-0.05, 0) is 38.6 Å².